The number of unbranched alkanes of at least 4 members (excludes halogenated alkanes) is 1. The van der Waals surface area contributed by atoms with Crippen LogP contribution in [0.4, 0.5) is 0 Å². The van der Waals surface area contributed by atoms with Crippen LogP contribution >= 0.6 is 0 Å². The van der Waals surface area contributed by atoms with Crippen LogP contribution in [0, 0.1) is 13.8 Å². The average molecular weight is 491 g/mol. The fourth-order valence-corrected chi connectivity index (χ4v) is 2.18. The summed E-state index contributed by atoms with van der Waals surface area (Å²) in [5.41, 5.74) is 2.17. The molecule has 0 aromatic carbocycles. The van der Waals surface area contributed by atoms with Crippen LogP contribution in [0.3, 0.4) is 0 Å². The van der Waals surface area contributed by atoms with E-state index in [0.29, 0.717) is 0 Å². The van der Waals surface area contributed by atoms with Gasteiger partial charge in [-0.15, -0.1) is 0 Å². The Bertz CT molecular complexity index is 550. The Balaban J connectivity index is -0.000000361. The fraction of sp³-hybridized carbons (Fsp3) is 0.690. The van der Waals surface area contributed by atoms with Crippen molar-refractivity contribution >= 4 is 0 Å². The van der Waals surface area contributed by atoms with E-state index in [-0.39, 0.29) is 0 Å². The number of pyridine rings is 1. The number of hydrogen-bond acceptors (Lipinski definition) is 6. The van der Waals surface area contributed by atoms with Crippen molar-refractivity contribution in [3.63, 3.8) is 0 Å². The molecule has 1 aliphatic rings. The Kier molecular flexibility index (Phi) is 32.4. The third-order valence-corrected chi connectivity index (χ3v) is 4.40. The van der Waals surface area contributed by atoms with Crippen LogP contribution in [0.5, 0.6) is 0 Å². The number of aromatic nitrogens is 3. The van der Waals surface area contributed by atoms with Gasteiger partial charge in [0.05, 0.1) is 5.69 Å². The first kappa shape index (κ1) is 37.7. The lowest BCUT2D eigenvalue weighted by molar-refractivity contribution is 0.181. The van der Waals surface area contributed by atoms with Gasteiger partial charge in [0, 0.05) is 57.2 Å². The molecule has 0 spiro atoms. The van der Waals surface area contributed by atoms with E-state index in [1.54, 1.807) is 24.8 Å². The van der Waals surface area contributed by atoms with Gasteiger partial charge in [0.25, 0.3) is 0 Å². The first-order chi connectivity index (χ1) is 16.7. The summed E-state index contributed by atoms with van der Waals surface area (Å²) < 4.78 is 0. The molecule has 0 unspecified atom stereocenters. The van der Waals surface area contributed by atoms with Crippen molar-refractivity contribution in [2.75, 3.05) is 60.9 Å². The van der Waals surface area contributed by atoms with E-state index in [9.17, 15) is 0 Å². The number of nitrogens with zero attached hydrogens (tertiary/aromatic N) is 6. The standard InChI is InChI=1S/C6H14N2.C6H7N.C5H6N2.C5H13N.C4H10.C3H8/c1-7-3-5-8(2)6-4-7;1-6-3-2-4-7-5-6;1-5-4-6-2-3-7-5;1-4-5-6(2)3;1-3-4-2;1-3-2/h3-6H2,1-2H3;2-5H,1H3;2-4H,1H3;4-5H2,1-3H3;3-4H2,1-2H3;3H2,1-2H3. The quantitative estimate of drug-likeness (QED) is 0.509. The number of aryl methyl sites for hydroxylation is 2. The molecule has 0 saturated carbocycles. The van der Waals surface area contributed by atoms with Crippen LogP contribution in [0.2, 0.25) is 0 Å². The van der Waals surface area contributed by atoms with Crippen LogP contribution in [-0.4, -0.2) is 90.6 Å². The Hall–Kier alpha value is -1.89. The molecule has 2 aromatic heterocycles. The maximum Gasteiger partial charge on any atom is 0.0555 e. The zero-order valence-electron chi connectivity index (χ0n) is 25.1. The van der Waals surface area contributed by atoms with E-state index in [4.69, 9.17) is 0 Å². The van der Waals surface area contributed by atoms with Crippen molar-refractivity contribution in [1.29, 1.82) is 0 Å². The lowest BCUT2D eigenvalue weighted by Crippen LogP contribution is -2.42. The smallest absolute Gasteiger partial charge is 0.0555 e. The Morgan fingerprint density at radius 1 is 0.743 bits per heavy atom. The molecule has 1 fully saturated rings. The van der Waals surface area contributed by atoms with Crippen molar-refractivity contribution in [2.45, 2.75) is 74.1 Å². The topological polar surface area (TPSA) is 48.4 Å². The van der Waals surface area contributed by atoms with Gasteiger partial charge in [0.1, 0.15) is 0 Å². The summed E-state index contributed by atoms with van der Waals surface area (Å²) in [6.07, 6.45) is 13.8. The van der Waals surface area contributed by atoms with Crippen LogP contribution < -0.4 is 0 Å². The van der Waals surface area contributed by atoms with Crippen molar-refractivity contribution in [3.8, 4) is 0 Å². The molecule has 0 atom stereocenters. The molecule has 1 aliphatic heterocycles. The highest BCUT2D eigenvalue weighted by Crippen LogP contribution is 1.93. The van der Waals surface area contributed by atoms with Gasteiger partial charge in [-0.05, 0) is 66.6 Å². The van der Waals surface area contributed by atoms with Crippen molar-refractivity contribution < 1.29 is 0 Å². The van der Waals surface area contributed by atoms with Gasteiger partial charge in [-0.1, -0.05) is 59.9 Å². The summed E-state index contributed by atoms with van der Waals surface area (Å²) in [5, 5.41) is 0. The summed E-state index contributed by atoms with van der Waals surface area (Å²) in [5.74, 6) is 0. The third-order valence-electron chi connectivity index (χ3n) is 4.40. The number of piperazine rings is 1. The molecule has 35 heavy (non-hydrogen) atoms. The lowest BCUT2D eigenvalue weighted by atomic mass is 10.3. The molecule has 0 bridgehead atoms. The van der Waals surface area contributed by atoms with Crippen LogP contribution in [0.25, 0.3) is 0 Å². The molecule has 0 amide bonds. The second-order valence-corrected chi connectivity index (χ2v) is 8.99. The lowest BCUT2D eigenvalue weighted by Gasteiger charge is -2.28. The van der Waals surface area contributed by atoms with Crippen molar-refractivity contribution in [1.82, 2.24) is 29.7 Å². The molecule has 0 N–H and O–H groups in total. The number of hydrogen-bond donors (Lipinski definition) is 0. The minimum Gasteiger partial charge on any atom is -0.309 e. The maximum atomic E-state index is 3.92. The van der Waals surface area contributed by atoms with E-state index in [2.05, 4.69) is 92.5 Å². The SMILES string of the molecule is CCC.CCCC.CCCN(C)C.CN1CCN(C)CC1.Cc1cccnc1.Cc1cnccn1. The van der Waals surface area contributed by atoms with Gasteiger partial charge in [-0.3, -0.25) is 15.0 Å². The van der Waals surface area contributed by atoms with Gasteiger partial charge in [-0.25, -0.2) is 0 Å². The highest BCUT2D eigenvalue weighted by Gasteiger charge is 2.07. The molecule has 3 heterocycles. The first-order valence-electron chi connectivity index (χ1n) is 13.3. The normalized spacial score (nSPS) is 12.6. The van der Waals surface area contributed by atoms with Crippen molar-refractivity contribution in [3.05, 3.63) is 54.4 Å². The van der Waals surface area contributed by atoms with E-state index in [1.165, 1.54) is 64.0 Å². The van der Waals surface area contributed by atoms with Crippen LogP contribution in [0.1, 0.15) is 71.6 Å². The first-order valence-corrected chi connectivity index (χ1v) is 13.3. The molecule has 0 radical (unpaired) electrons. The van der Waals surface area contributed by atoms with Gasteiger partial charge < -0.3 is 14.7 Å². The largest absolute Gasteiger partial charge is 0.309 e. The second-order valence-electron chi connectivity index (χ2n) is 8.99. The summed E-state index contributed by atoms with van der Waals surface area (Å²) in [4.78, 5) is 18.5. The number of rotatable bonds is 3. The molecular formula is C29H58N6. The average Bonchev–Trinajstić information content (AvgIpc) is 2.84. The van der Waals surface area contributed by atoms with Crippen LogP contribution in [0.15, 0.2) is 43.1 Å². The predicted molar refractivity (Wildman–Crippen MR) is 156 cm³/mol. The summed E-state index contributed by atoms with van der Waals surface area (Å²) in [6, 6.07) is 3.95. The minimum atomic E-state index is 0.961. The molecule has 3 rings (SSSR count). The second kappa shape index (κ2) is 30.1. The maximum absolute atomic E-state index is 3.92. The molecule has 6 nitrogen and oxygen atoms in total. The molecule has 0 aliphatic carbocycles. The number of likely N-dealkylation sites (N-methyl/N-ethyl adjacent to an activating group) is 2. The molecule has 204 valence electrons. The fourth-order valence-electron chi connectivity index (χ4n) is 2.18. The monoisotopic (exact) mass is 490 g/mol. The Labute approximate surface area is 219 Å². The van der Waals surface area contributed by atoms with E-state index in [1.807, 2.05) is 32.2 Å². The highest BCUT2D eigenvalue weighted by atomic mass is 15.2. The van der Waals surface area contributed by atoms with Crippen LogP contribution in [-0.2, 0) is 0 Å². The van der Waals surface area contributed by atoms with Crippen molar-refractivity contribution in [2.24, 2.45) is 0 Å². The molecule has 6 heteroatoms. The van der Waals surface area contributed by atoms with Gasteiger partial charge in [-0.2, -0.15) is 0 Å². The van der Waals surface area contributed by atoms with Gasteiger partial charge in [0.2, 0.25) is 0 Å². The van der Waals surface area contributed by atoms with Gasteiger partial charge in [0.15, 0.2) is 0 Å². The summed E-state index contributed by atoms with van der Waals surface area (Å²) in [6.45, 7) is 20.9. The van der Waals surface area contributed by atoms with Gasteiger partial charge >= 0.3 is 0 Å². The Morgan fingerprint density at radius 3 is 1.40 bits per heavy atom. The van der Waals surface area contributed by atoms with E-state index in [0.717, 1.165) is 5.69 Å². The predicted octanol–water partition coefficient (Wildman–Crippen LogP) is 6.22. The zero-order valence-corrected chi connectivity index (χ0v) is 25.1. The zero-order chi connectivity index (χ0) is 27.3. The highest BCUT2D eigenvalue weighted by molar-refractivity contribution is 5.04. The summed E-state index contributed by atoms with van der Waals surface area (Å²) >= 11 is 0. The molecular weight excluding hydrogens is 432 g/mol. The minimum absolute atomic E-state index is 0.961. The molecule has 2 aromatic rings. The summed E-state index contributed by atoms with van der Waals surface area (Å²) in [7, 11) is 8.52. The Morgan fingerprint density at radius 2 is 1.23 bits per heavy atom. The van der Waals surface area contributed by atoms with E-state index >= 15 is 0 Å². The molecule has 1 saturated heterocycles. The van der Waals surface area contributed by atoms with E-state index < -0.39 is 0 Å². The third kappa shape index (κ3) is 36.8.